The van der Waals surface area contributed by atoms with Crippen molar-refractivity contribution in [3.63, 3.8) is 0 Å². The Morgan fingerprint density at radius 2 is 1.23 bits per heavy atom. The Balaban J connectivity index is 1.50. The standard InChI is InChI=1S/C49H69N9O14S3/c1-29(59)53-39(24-31-15-17-33(18-16-31)72-75(69,70)71)47(66)55-36(19-21-73-2)45(64)52-28-42(60)54-40(25-32-27-51-35-14-10-9-13-34(32)35)48(67)56-37(20-22-74-3)46(65)58-41(26-43(61)62)49(68)57-38(44(50)63)23-30-11-7-5-4-6-8-12-30/h9-10,13-18,27,30,36-41,51H,4-8,11-12,19-26,28H2,1-3H3,(H2,50,63)(H,52,64)(H,53,59)(H,54,60)(H,55,66)(H,56,67)(H,57,68)(H,58,65)(H,61,62)(H,69,70,71). The molecule has 1 heterocycles. The van der Waals surface area contributed by atoms with E-state index in [1.165, 1.54) is 54.7 Å². The number of hydrogen-bond donors (Lipinski definition) is 11. The summed E-state index contributed by atoms with van der Waals surface area (Å²) in [4.78, 5) is 123. The molecule has 3 aromatic rings. The lowest BCUT2D eigenvalue weighted by Gasteiger charge is -2.27. The number of para-hydroxylation sites is 1. The van der Waals surface area contributed by atoms with Gasteiger partial charge >= 0.3 is 16.4 Å². The third kappa shape index (κ3) is 21.8. The number of carbonyl (C=O) groups excluding carboxylic acids is 8. The molecule has 1 saturated carbocycles. The minimum Gasteiger partial charge on any atom is -0.481 e. The van der Waals surface area contributed by atoms with Crippen LogP contribution in [0.15, 0.2) is 54.7 Å². The van der Waals surface area contributed by atoms with Crippen LogP contribution in [-0.4, -0.2) is 143 Å². The van der Waals surface area contributed by atoms with Crippen molar-refractivity contribution in [1.29, 1.82) is 0 Å². The molecule has 412 valence electrons. The molecule has 12 N–H and O–H groups in total. The van der Waals surface area contributed by atoms with E-state index in [9.17, 15) is 56.7 Å². The van der Waals surface area contributed by atoms with E-state index in [0.29, 0.717) is 22.6 Å². The number of carbonyl (C=O) groups is 9. The van der Waals surface area contributed by atoms with Crippen molar-refractivity contribution in [3.8, 4) is 5.75 Å². The largest absolute Gasteiger partial charge is 0.481 e. The van der Waals surface area contributed by atoms with Gasteiger partial charge in [0.05, 0.1) is 13.0 Å². The zero-order chi connectivity index (χ0) is 55.1. The van der Waals surface area contributed by atoms with Crippen LogP contribution in [0.4, 0.5) is 0 Å². The van der Waals surface area contributed by atoms with Crippen molar-refractivity contribution >= 4 is 98.1 Å². The Hall–Kier alpha value is -6.38. The number of aromatic nitrogens is 1. The van der Waals surface area contributed by atoms with Gasteiger partial charge in [-0.05, 0) is 78.5 Å². The molecule has 75 heavy (non-hydrogen) atoms. The monoisotopic (exact) mass is 1100 g/mol. The van der Waals surface area contributed by atoms with E-state index in [0.717, 1.165) is 55.8 Å². The third-order valence-corrected chi connectivity index (χ3v) is 14.1. The molecule has 26 heteroatoms. The molecule has 0 aliphatic heterocycles. The maximum absolute atomic E-state index is 14.3. The number of carboxylic acids is 1. The Labute approximate surface area is 444 Å². The molecular weight excluding hydrogens is 1030 g/mol. The highest BCUT2D eigenvalue weighted by Gasteiger charge is 2.34. The molecule has 1 fully saturated rings. The van der Waals surface area contributed by atoms with Gasteiger partial charge in [-0.15, -0.1) is 0 Å². The van der Waals surface area contributed by atoms with Gasteiger partial charge in [0.25, 0.3) is 0 Å². The summed E-state index contributed by atoms with van der Waals surface area (Å²) in [6.07, 6.45) is 11.3. The number of primary amides is 1. The fraction of sp³-hybridized carbons (Fsp3) is 0.531. The average Bonchev–Trinajstić information content (AvgIpc) is 3.75. The normalized spacial score (nSPS) is 15.5. The molecule has 4 rings (SSSR count). The van der Waals surface area contributed by atoms with Crippen molar-refractivity contribution < 1.29 is 65.4 Å². The zero-order valence-corrected chi connectivity index (χ0v) is 44.6. The topological polar surface area (TPSA) is 363 Å². The molecule has 2 aromatic carbocycles. The zero-order valence-electron chi connectivity index (χ0n) is 42.1. The first-order valence-electron chi connectivity index (χ1n) is 24.5. The SMILES string of the molecule is CSCCC(NC(=O)C(Cc1ccc(OS(=O)(=O)O)cc1)NC(C)=O)C(=O)NCC(=O)NC(Cc1c[nH]c2ccccc12)C(=O)NC(CCSC)C(=O)NC(CC(=O)O)C(=O)NC(CC1CCCCCCC1)C(N)=O. The second kappa shape index (κ2) is 30.9. The van der Waals surface area contributed by atoms with Crippen LogP contribution >= 0.6 is 23.5 Å². The molecule has 0 spiro atoms. The maximum Gasteiger partial charge on any atom is 0.446 e. The predicted molar refractivity (Wildman–Crippen MR) is 282 cm³/mol. The lowest BCUT2D eigenvalue weighted by molar-refractivity contribution is -0.141. The number of carboxylic acid groups (broad SMARTS) is 1. The van der Waals surface area contributed by atoms with E-state index in [4.69, 9.17) is 10.3 Å². The van der Waals surface area contributed by atoms with E-state index < -0.39 is 113 Å². The number of H-pyrrole nitrogens is 1. The molecule has 1 aliphatic rings. The first-order valence-corrected chi connectivity index (χ1v) is 28.7. The number of aromatic amines is 1. The third-order valence-electron chi connectivity index (χ3n) is 12.4. The van der Waals surface area contributed by atoms with Crippen LogP contribution in [0.5, 0.6) is 5.75 Å². The van der Waals surface area contributed by atoms with Crippen LogP contribution in [0, 0.1) is 5.92 Å². The maximum atomic E-state index is 14.3. The summed E-state index contributed by atoms with van der Waals surface area (Å²) in [5.74, 6) is -7.21. The Morgan fingerprint density at radius 1 is 0.693 bits per heavy atom. The van der Waals surface area contributed by atoms with Gasteiger partial charge in [-0.1, -0.05) is 75.3 Å². The van der Waals surface area contributed by atoms with Crippen LogP contribution < -0.4 is 47.1 Å². The van der Waals surface area contributed by atoms with Crippen molar-refractivity contribution in [2.45, 2.75) is 127 Å². The van der Waals surface area contributed by atoms with Gasteiger partial charge in [-0.3, -0.25) is 47.7 Å². The van der Waals surface area contributed by atoms with Gasteiger partial charge in [0.1, 0.15) is 42.0 Å². The number of rotatable bonds is 30. The number of nitrogens with two attached hydrogens (primary N) is 1. The van der Waals surface area contributed by atoms with Crippen LogP contribution in [0.2, 0.25) is 0 Å². The van der Waals surface area contributed by atoms with Gasteiger partial charge in [0, 0.05) is 36.9 Å². The second-order valence-corrected chi connectivity index (χ2v) is 21.3. The summed E-state index contributed by atoms with van der Waals surface area (Å²) in [5, 5.41) is 28.5. The minimum absolute atomic E-state index is 0.0137. The summed E-state index contributed by atoms with van der Waals surface area (Å²) >= 11 is 2.72. The lowest BCUT2D eigenvalue weighted by atomic mass is 9.86. The molecule has 6 unspecified atom stereocenters. The number of fused-ring (bicyclic) bond motifs is 1. The Kier molecular flexibility index (Phi) is 25.2. The van der Waals surface area contributed by atoms with Gasteiger partial charge < -0.3 is 57.2 Å². The van der Waals surface area contributed by atoms with E-state index in [2.05, 4.69) is 46.4 Å². The van der Waals surface area contributed by atoms with Gasteiger partial charge in [-0.25, -0.2) is 0 Å². The predicted octanol–water partition coefficient (Wildman–Crippen LogP) is 1.40. The quantitative estimate of drug-likeness (QED) is 0.0420. The number of benzene rings is 2. The Morgan fingerprint density at radius 3 is 1.80 bits per heavy atom. The first kappa shape index (κ1) is 61.2. The summed E-state index contributed by atoms with van der Waals surface area (Å²) < 4.78 is 35.6. The highest BCUT2D eigenvalue weighted by Crippen LogP contribution is 2.26. The Bertz CT molecular complexity index is 2560. The van der Waals surface area contributed by atoms with Crippen LogP contribution in [0.25, 0.3) is 10.9 Å². The van der Waals surface area contributed by atoms with Gasteiger partial charge in [0.15, 0.2) is 0 Å². The summed E-state index contributed by atoms with van der Waals surface area (Å²) in [5.41, 5.74) is 7.50. The minimum atomic E-state index is -4.79. The van der Waals surface area contributed by atoms with Gasteiger partial charge in [-0.2, -0.15) is 31.9 Å². The fourth-order valence-electron chi connectivity index (χ4n) is 8.60. The second-order valence-electron chi connectivity index (χ2n) is 18.3. The van der Waals surface area contributed by atoms with Crippen molar-refractivity contribution in [1.82, 2.24) is 42.2 Å². The number of aliphatic carboxylic acids is 1. The van der Waals surface area contributed by atoms with Crippen molar-refractivity contribution in [3.05, 3.63) is 65.9 Å². The molecule has 8 amide bonds. The molecule has 6 atom stereocenters. The van der Waals surface area contributed by atoms with Crippen LogP contribution in [0.1, 0.15) is 88.7 Å². The number of amides is 8. The first-order chi connectivity index (χ1) is 35.7. The highest BCUT2D eigenvalue weighted by molar-refractivity contribution is 7.98. The molecular formula is C49H69N9O14S3. The molecule has 23 nitrogen and oxygen atoms in total. The van der Waals surface area contributed by atoms with Crippen LogP contribution in [-0.2, 0) is 66.4 Å². The van der Waals surface area contributed by atoms with E-state index in [1.807, 2.05) is 6.07 Å². The van der Waals surface area contributed by atoms with E-state index in [-0.39, 0.29) is 43.8 Å². The van der Waals surface area contributed by atoms with Crippen molar-refractivity contribution in [2.75, 3.05) is 30.6 Å². The van der Waals surface area contributed by atoms with E-state index in [1.54, 1.807) is 36.9 Å². The molecule has 0 saturated heterocycles. The lowest BCUT2D eigenvalue weighted by Crippen LogP contribution is -2.59. The molecule has 0 bridgehead atoms. The van der Waals surface area contributed by atoms with Crippen molar-refractivity contribution in [2.24, 2.45) is 11.7 Å². The number of nitrogens with one attached hydrogen (secondary N) is 8. The molecule has 1 aromatic heterocycles. The van der Waals surface area contributed by atoms with Crippen LogP contribution in [0.3, 0.4) is 0 Å². The van der Waals surface area contributed by atoms with E-state index >= 15 is 0 Å². The summed E-state index contributed by atoms with van der Waals surface area (Å²) in [6.45, 7) is 0.512. The summed E-state index contributed by atoms with van der Waals surface area (Å²) in [7, 11) is -4.79. The number of hydrogen-bond acceptors (Lipinski definition) is 14. The molecule has 1 aliphatic carbocycles. The molecule has 0 radical (unpaired) electrons. The highest BCUT2D eigenvalue weighted by atomic mass is 32.3. The fourth-order valence-corrected chi connectivity index (χ4v) is 9.89. The smallest absolute Gasteiger partial charge is 0.446 e. The summed E-state index contributed by atoms with van der Waals surface area (Å²) in [6, 6.07) is 4.56. The number of thioether (sulfide) groups is 2. The average molecular weight is 1100 g/mol. The van der Waals surface area contributed by atoms with Gasteiger partial charge in [0.2, 0.25) is 47.3 Å².